The quantitative estimate of drug-likeness (QED) is 0.671. The number of nitrogens with one attached hydrogen (secondary N) is 1. The number of fused-ring (bicyclic) bond motifs is 1. The highest BCUT2D eigenvalue weighted by Crippen LogP contribution is 2.14. The summed E-state index contributed by atoms with van der Waals surface area (Å²) >= 11 is 0. The Bertz CT molecular complexity index is 254. The van der Waals surface area contributed by atoms with Crippen LogP contribution in [-0.2, 0) is 13.0 Å². The highest BCUT2D eigenvalue weighted by molar-refractivity contribution is 5.16. The van der Waals surface area contributed by atoms with E-state index < -0.39 is 0 Å². The Morgan fingerprint density at radius 2 is 2.58 bits per heavy atom. The first-order valence-electron chi connectivity index (χ1n) is 4.56. The van der Waals surface area contributed by atoms with Crippen molar-refractivity contribution in [3.05, 3.63) is 17.5 Å². The summed E-state index contributed by atoms with van der Waals surface area (Å²) in [5, 5.41) is 6.95. The number of hydrogen-bond donors (Lipinski definition) is 1. The molecule has 0 aromatic carbocycles. The van der Waals surface area contributed by atoms with Gasteiger partial charge in [0.1, 0.15) is 6.20 Å². The van der Waals surface area contributed by atoms with Gasteiger partial charge < -0.3 is 0 Å². The van der Waals surface area contributed by atoms with Crippen LogP contribution < -0.4 is 0 Å². The molecule has 0 unspecified atom stereocenters. The molecule has 2 rings (SSSR count). The monoisotopic (exact) mass is 164 g/mol. The Morgan fingerprint density at radius 1 is 1.67 bits per heavy atom. The highest BCUT2D eigenvalue weighted by atomic mass is 15.2. The third kappa shape index (κ3) is 1.37. The summed E-state index contributed by atoms with van der Waals surface area (Å²) in [4.78, 5) is 2.43. The van der Waals surface area contributed by atoms with Gasteiger partial charge >= 0.3 is 0 Å². The summed E-state index contributed by atoms with van der Waals surface area (Å²) in [7, 11) is 0. The van der Waals surface area contributed by atoms with E-state index in [4.69, 9.17) is 0 Å². The molecule has 1 aromatic rings. The van der Waals surface area contributed by atoms with Crippen LogP contribution in [0.15, 0.2) is 0 Å². The van der Waals surface area contributed by atoms with Crippen LogP contribution in [0, 0.1) is 6.20 Å². The van der Waals surface area contributed by atoms with Gasteiger partial charge in [0.2, 0.25) is 0 Å². The second-order valence-electron chi connectivity index (χ2n) is 3.26. The standard InChI is InChI=1S/C9H14N3/c1-2-12-5-3-4-9-8(7-12)6-10-11-9/h2-5,7H2,1H3,(H,10,11). The first-order chi connectivity index (χ1) is 5.90. The van der Waals surface area contributed by atoms with E-state index >= 15 is 0 Å². The maximum absolute atomic E-state index is 3.94. The molecule has 0 atom stereocenters. The van der Waals surface area contributed by atoms with Crippen molar-refractivity contribution in [3.8, 4) is 0 Å². The number of H-pyrrole nitrogens is 1. The Morgan fingerprint density at radius 3 is 3.42 bits per heavy atom. The third-order valence-electron chi connectivity index (χ3n) is 2.48. The average molecular weight is 164 g/mol. The zero-order valence-corrected chi connectivity index (χ0v) is 7.43. The number of aromatic nitrogens is 2. The topological polar surface area (TPSA) is 31.9 Å². The van der Waals surface area contributed by atoms with Gasteiger partial charge in [-0.25, -0.2) is 0 Å². The van der Waals surface area contributed by atoms with E-state index in [0.29, 0.717) is 0 Å². The Labute approximate surface area is 72.8 Å². The van der Waals surface area contributed by atoms with E-state index in [-0.39, 0.29) is 0 Å². The minimum Gasteiger partial charge on any atom is -0.299 e. The molecule has 0 bridgehead atoms. The van der Waals surface area contributed by atoms with Gasteiger partial charge in [-0.3, -0.25) is 10.00 Å². The zero-order chi connectivity index (χ0) is 8.39. The van der Waals surface area contributed by atoms with Crippen molar-refractivity contribution in [2.45, 2.75) is 26.3 Å². The Balaban J connectivity index is 2.18. The summed E-state index contributed by atoms with van der Waals surface area (Å²) in [6.45, 7) is 5.54. The highest BCUT2D eigenvalue weighted by Gasteiger charge is 2.14. The van der Waals surface area contributed by atoms with Crippen molar-refractivity contribution in [2.24, 2.45) is 0 Å². The molecular formula is C9H14N3. The van der Waals surface area contributed by atoms with Crippen LogP contribution >= 0.6 is 0 Å². The second kappa shape index (κ2) is 3.27. The number of nitrogens with zero attached hydrogens (tertiary/aromatic N) is 2. The largest absolute Gasteiger partial charge is 0.299 e. The molecule has 1 aliphatic heterocycles. The van der Waals surface area contributed by atoms with Crippen molar-refractivity contribution in [3.63, 3.8) is 0 Å². The Kier molecular flexibility index (Phi) is 2.13. The summed E-state index contributed by atoms with van der Waals surface area (Å²) in [6, 6.07) is 0. The fourth-order valence-electron chi connectivity index (χ4n) is 1.69. The second-order valence-corrected chi connectivity index (χ2v) is 3.26. The minimum atomic E-state index is 1.02. The van der Waals surface area contributed by atoms with E-state index in [2.05, 4.69) is 28.2 Å². The maximum Gasteiger partial charge on any atom is 0.117 e. The fraction of sp³-hybridized carbons (Fsp3) is 0.667. The molecule has 0 saturated heterocycles. The molecule has 1 N–H and O–H groups in total. The Hall–Kier alpha value is -0.830. The molecule has 0 amide bonds. The lowest BCUT2D eigenvalue weighted by Crippen LogP contribution is -2.22. The molecule has 2 heterocycles. The summed E-state index contributed by atoms with van der Waals surface area (Å²) in [6.07, 6.45) is 5.38. The van der Waals surface area contributed by atoms with Crippen LogP contribution in [-0.4, -0.2) is 28.2 Å². The molecule has 0 spiro atoms. The molecule has 1 aliphatic rings. The lowest BCUT2D eigenvalue weighted by Gasteiger charge is -2.16. The first-order valence-corrected chi connectivity index (χ1v) is 4.56. The van der Waals surface area contributed by atoms with Gasteiger partial charge in [-0.15, -0.1) is 0 Å². The number of rotatable bonds is 1. The fourth-order valence-corrected chi connectivity index (χ4v) is 1.69. The molecule has 65 valence electrons. The molecule has 1 aromatic heterocycles. The van der Waals surface area contributed by atoms with Gasteiger partial charge in [0.25, 0.3) is 0 Å². The van der Waals surface area contributed by atoms with Gasteiger partial charge in [-0.2, -0.15) is 5.10 Å². The maximum atomic E-state index is 3.94. The summed E-state index contributed by atoms with van der Waals surface area (Å²) in [5.41, 5.74) is 2.54. The van der Waals surface area contributed by atoms with Crippen molar-refractivity contribution in [1.29, 1.82) is 0 Å². The number of aromatic amines is 1. The molecule has 3 nitrogen and oxygen atoms in total. The molecule has 3 heteroatoms. The molecular weight excluding hydrogens is 150 g/mol. The van der Waals surface area contributed by atoms with Crippen LogP contribution in [0.5, 0.6) is 0 Å². The predicted octanol–water partition coefficient (Wildman–Crippen LogP) is 0.978. The van der Waals surface area contributed by atoms with Gasteiger partial charge in [-0.05, 0) is 25.9 Å². The van der Waals surface area contributed by atoms with Gasteiger partial charge in [0, 0.05) is 17.8 Å². The van der Waals surface area contributed by atoms with Crippen molar-refractivity contribution >= 4 is 0 Å². The molecule has 0 saturated carbocycles. The van der Waals surface area contributed by atoms with Crippen LogP contribution in [0.1, 0.15) is 24.6 Å². The van der Waals surface area contributed by atoms with E-state index in [9.17, 15) is 0 Å². The third-order valence-corrected chi connectivity index (χ3v) is 2.48. The predicted molar refractivity (Wildman–Crippen MR) is 46.7 cm³/mol. The SMILES string of the molecule is CCN1CCCc2[nH]n[c]c2C1. The van der Waals surface area contributed by atoms with Crippen LogP contribution in [0.4, 0.5) is 0 Å². The van der Waals surface area contributed by atoms with Crippen molar-refractivity contribution in [1.82, 2.24) is 15.1 Å². The smallest absolute Gasteiger partial charge is 0.117 e. The zero-order valence-electron chi connectivity index (χ0n) is 7.43. The van der Waals surface area contributed by atoms with Gasteiger partial charge in [0.15, 0.2) is 0 Å². The van der Waals surface area contributed by atoms with Crippen molar-refractivity contribution in [2.75, 3.05) is 13.1 Å². The lowest BCUT2D eigenvalue weighted by atomic mass is 10.2. The average Bonchev–Trinajstić information content (AvgIpc) is 2.43. The summed E-state index contributed by atoms with van der Waals surface area (Å²) in [5.74, 6) is 0. The number of hydrogen-bond acceptors (Lipinski definition) is 2. The lowest BCUT2D eigenvalue weighted by molar-refractivity contribution is 0.284. The molecule has 0 aliphatic carbocycles. The van der Waals surface area contributed by atoms with Crippen LogP contribution in [0.2, 0.25) is 0 Å². The first kappa shape index (κ1) is 7.80. The van der Waals surface area contributed by atoms with Crippen LogP contribution in [0.3, 0.4) is 0 Å². The van der Waals surface area contributed by atoms with E-state index in [1.54, 1.807) is 0 Å². The van der Waals surface area contributed by atoms with Gasteiger partial charge in [0.05, 0.1) is 0 Å². The van der Waals surface area contributed by atoms with E-state index in [1.165, 1.54) is 24.2 Å². The summed E-state index contributed by atoms with van der Waals surface area (Å²) < 4.78 is 0. The van der Waals surface area contributed by atoms with E-state index in [1.807, 2.05) is 0 Å². The molecule has 1 radical (unpaired) electrons. The van der Waals surface area contributed by atoms with Crippen LogP contribution in [0.25, 0.3) is 0 Å². The molecule has 0 fully saturated rings. The van der Waals surface area contributed by atoms with Gasteiger partial charge in [-0.1, -0.05) is 6.92 Å². The minimum absolute atomic E-state index is 1.02. The number of aryl methyl sites for hydroxylation is 1. The normalized spacial score (nSPS) is 18.8. The van der Waals surface area contributed by atoms with Crippen molar-refractivity contribution < 1.29 is 0 Å². The van der Waals surface area contributed by atoms with E-state index in [0.717, 1.165) is 19.5 Å². The molecule has 12 heavy (non-hydrogen) atoms.